The van der Waals surface area contributed by atoms with E-state index in [4.69, 9.17) is 0 Å². The summed E-state index contributed by atoms with van der Waals surface area (Å²) in [5.74, 6) is -0.184. The molecule has 0 spiro atoms. The maximum atomic E-state index is 14.3. The van der Waals surface area contributed by atoms with Crippen LogP contribution in [0, 0.1) is 5.82 Å². The maximum Gasteiger partial charge on any atom is 0.129 e. The fourth-order valence-corrected chi connectivity index (χ4v) is 2.90. The van der Waals surface area contributed by atoms with E-state index in [1.165, 1.54) is 11.6 Å². The molecule has 1 nitrogen and oxygen atoms in total. The van der Waals surface area contributed by atoms with Crippen molar-refractivity contribution in [2.24, 2.45) is 0 Å². The van der Waals surface area contributed by atoms with Crippen LogP contribution in [0.15, 0.2) is 46.9 Å². The second kappa shape index (κ2) is 7.71. The molecule has 0 amide bonds. The Labute approximate surface area is 134 Å². The molecular weight excluding hydrogens is 329 g/mol. The first kappa shape index (κ1) is 16.2. The first-order valence-electron chi connectivity index (χ1n) is 7.42. The molecule has 2 aromatic carbocycles. The molecular formula is C18H21BrFN. The fourth-order valence-electron chi connectivity index (χ4n) is 2.56. The SMILES string of the molecule is CCCc1cccc(C(NCC)c2ccc(Br)cc2F)c1. The number of rotatable bonds is 6. The zero-order valence-corrected chi connectivity index (χ0v) is 14.1. The average molecular weight is 350 g/mol. The lowest BCUT2D eigenvalue weighted by molar-refractivity contribution is 0.558. The molecule has 0 fully saturated rings. The molecule has 1 N–H and O–H groups in total. The van der Waals surface area contributed by atoms with Crippen molar-refractivity contribution >= 4 is 15.9 Å². The third-order valence-electron chi connectivity index (χ3n) is 3.50. The highest BCUT2D eigenvalue weighted by molar-refractivity contribution is 9.10. The van der Waals surface area contributed by atoms with Gasteiger partial charge in [-0.1, -0.05) is 66.5 Å². The highest BCUT2D eigenvalue weighted by atomic mass is 79.9. The molecule has 0 heterocycles. The molecule has 3 heteroatoms. The van der Waals surface area contributed by atoms with E-state index in [2.05, 4.69) is 52.4 Å². The Bertz CT molecular complexity index is 598. The zero-order chi connectivity index (χ0) is 15.2. The number of halogens is 2. The quantitative estimate of drug-likeness (QED) is 0.751. The predicted molar refractivity (Wildman–Crippen MR) is 90.1 cm³/mol. The van der Waals surface area contributed by atoms with E-state index >= 15 is 0 Å². The Morgan fingerprint density at radius 3 is 2.62 bits per heavy atom. The molecule has 21 heavy (non-hydrogen) atoms. The summed E-state index contributed by atoms with van der Waals surface area (Å²) in [5.41, 5.74) is 3.10. The normalized spacial score (nSPS) is 12.4. The van der Waals surface area contributed by atoms with Crippen LogP contribution in [0.5, 0.6) is 0 Å². The summed E-state index contributed by atoms with van der Waals surface area (Å²) in [7, 11) is 0. The van der Waals surface area contributed by atoms with Crippen molar-refractivity contribution in [3.63, 3.8) is 0 Å². The van der Waals surface area contributed by atoms with Gasteiger partial charge in [0.25, 0.3) is 0 Å². The Balaban J connectivity index is 2.40. The topological polar surface area (TPSA) is 12.0 Å². The second-order valence-corrected chi connectivity index (χ2v) is 6.07. The summed E-state index contributed by atoms with van der Waals surface area (Å²) in [6.07, 6.45) is 2.16. The summed E-state index contributed by atoms with van der Waals surface area (Å²) in [6.45, 7) is 5.00. The van der Waals surface area contributed by atoms with Crippen LogP contribution in [0.4, 0.5) is 4.39 Å². The minimum atomic E-state index is -0.184. The maximum absolute atomic E-state index is 14.3. The third-order valence-corrected chi connectivity index (χ3v) is 4.00. The van der Waals surface area contributed by atoms with Gasteiger partial charge in [-0.15, -0.1) is 0 Å². The monoisotopic (exact) mass is 349 g/mol. The van der Waals surface area contributed by atoms with Gasteiger partial charge in [-0.2, -0.15) is 0 Å². The summed E-state index contributed by atoms with van der Waals surface area (Å²) >= 11 is 3.31. The molecule has 2 rings (SSSR count). The van der Waals surface area contributed by atoms with Crippen molar-refractivity contribution in [2.45, 2.75) is 32.7 Å². The van der Waals surface area contributed by atoms with Gasteiger partial charge >= 0.3 is 0 Å². The van der Waals surface area contributed by atoms with Crippen molar-refractivity contribution < 1.29 is 4.39 Å². The van der Waals surface area contributed by atoms with E-state index in [9.17, 15) is 4.39 Å². The van der Waals surface area contributed by atoms with Crippen molar-refractivity contribution in [3.8, 4) is 0 Å². The number of nitrogens with one attached hydrogen (secondary N) is 1. The first-order chi connectivity index (χ1) is 10.2. The van der Waals surface area contributed by atoms with Gasteiger partial charge in [0.2, 0.25) is 0 Å². The first-order valence-corrected chi connectivity index (χ1v) is 8.22. The molecule has 0 saturated heterocycles. The van der Waals surface area contributed by atoms with Crippen LogP contribution >= 0.6 is 15.9 Å². The largest absolute Gasteiger partial charge is 0.306 e. The van der Waals surface area contributed by atoms with Crippen molar-refractivity contribution in [1.29, 1.82) is 0 Å². The molecule has 112 valence electrons. The summed E-state index contributed by atoms with van der Waals surface area (Å²) in [5, 5.41) is 3.39. The van der Waals surface area contributed by atoms with Crippen LogP contribution in [0.3, 0.4) is 0 Å². The predicted octanol–water partition coefficient (Wildman–Crippen LogP) is 5.24. The average Bonchev–Trinajstić information content (AvgIpc) is 2.46. The molecule has 0 radical (unpaired) electrons. The third kappa shape index (κ3) is 4.14. The molecule has 2 aromatic rings. The van der Waals surface area contributed by atoms with Crippen molar-refractivity contribution in [1.82, 2.24) is 5.32 Å². The van der Waals surface area contributed by atoms with Gasteiger partial charge in [0, 0.05) is 10.0 Å². The van der Waals surface area contributed by atoms with Gasteiger partial charge in [-0.3, -0.25) is 0 Å². The van der Waals surface area contributed by atoms with Crippen LogP contribution in [-0.2, 0) is 6.42 Å². The van der Waals surface area contributed by atoms with Gasteiger partial charge in [-0.05, 0) is 36.2 Å². The highest BCUT2D eigenvalue weighted by Crippen LogP contribution is 2.27. The van der Waals surface area contributed by atoms with Gasteiger partial charge in [-0.25, -0.2) is 4.39 Å². The summed E-state index contributed by atoms with van der Waals surface area (Å²) in [4.78, 5) is 0. The number of hydrogen-bond acceptors (Lipinski definition) is 1. The minimum Gasteiger partial charge on any atom is -0.306 e. The lowest BCUT2D eigenvalue weighted by atomic mass is 9.95. The number of hydrogen-bond donors (Lipinski definition) is 1. The molecule has 1 atom stereocenters. The van der Waals surface area contributed by atoms with E-state index in [-0.39, 0.29) is 11.9 Å². The number of aryl methyl sites for hydroxylation is 1. The lowest BCUT2D eigenvalue weighted by Gasteiger charge is -2.20. The Morgan fingerprint density at radius 1 is 1.14 bits per heavy atom. The van der Waals surface area contributed by atoms with Crippen LogP contribution in [0.25, 0.3) is 0 Å². The standard InChI is InChI=1S/C18H21BrFN/c1-3-6-13-7-5-8-14(11-13)18(21-4-2)16-10-9-15(19)12-17(16)20/h5,7-12,18,21H,3-4,6H2,1-2H3. The Kier molecular flexibility index (Phi) is 5.95. The van der Waals surface area contributed by atoms with E-state index in [1.807, 2.05) is 19.1 Å². The Morgan fingerprint density at radius 2 is 1.95 bits per heavy atom. The molecule has 1 unspecified atom stereocenters. The van der Waals surface area contributed by atoms with Gasteiger partial charge in [0.1, 0.15) is 5.82 Å². The van der Waals surface area contributed by atoms with Gasteiger partial charge in [0.05, 0.1) is 6.04 Å². The lowest BCUT2D eigenvalue weighted by Crippen LogP contribution is -2.23. The van der Waals surface area contributed by atoms with Crippen LogP contribution in [0.2, 0.25) is 0 Å². The van der Waals surface area contributed by atoms with E-state index in [0.29, 0.717) is 5.56 Å². The number of benzene rings is 2. The van der Waals surface area contributed by atoms with E-state index in [1.54, 1.807) is 0 Å². The van der Waals surface area contributed by atoms with E-state index < -0.39 is 0 Å². The molecule has 0 bridgehead atoms. The summed E-state index contributed by atoms with van der Waals surface area (Å²) < 4.78 is 15.1. The molecule has 0 aromatic heterocycles. The smallest absolute Gasteiger partial charge is 0.129 e. The minimum absolute atomic E-state index is 0.111. The Hall–Kier alpha value is -1.19. The second-order valence-electron chi connectivity index (χ2n) is 5.15. The van der Waals surface area contributed by atoms with Gasteiger partial charge < -0.3 is 5.32 Å². The van der Waals surface area contributed by atoms with Crippen molar-refractivity contribution in [3.05, 3.63) is 69.4 Å². The molecule has 0 aliphatic rings. The van der Waals surface area contributed by atoms with E-state index in [0.717, 1.165) is 29.4 Å². The molecule has 0 aliphatic carbocycles. The highest BCUT2D eigenvalue weighted by Gasteiger charge is 2.17. The zero-order valence-electron chi connectivity index (χ0n) is 12.5. The van der Waals surface area contributed by atoms with Crippen LogP contribution in [-0.4, -0.2) is 6.54 Å². The van der Waals surface area contributed by atoms with Crippen molar-refractivity contribution in [2.75, 3.05) is 6.54 Å². The summed E-state index contributed by atoms with van der Waals surface area (Å²) in [6, 6.07) is 13.6. The molecule has 0 aliphatic heterocycles. The fraction of sp³-hybridized carbons (Fsp3) is 0.333. The molecule has 0 saturated carbocycles. The van der Waals surface area contributed by atoms with Gasteiger partial charge in [0.15, 0.2) is 0 Å². The van der Waals surface area contributed by atoms with Crippen LogP contribution in [0.1, 0.15) is 43.0 Å². The van der Waals surface area contributed by atoms with Crippen LogP contribution < -0.4 is 5.32 Å².